The lowest BCUT2D eigenvalue weighted by Crippen LogP contribution is -2.01. The van der Waals surface area contributed by atoms with Crippen molar-refractivity contribution in [3.63, 3.8) is 0 Å². The van der Waals surface area contributed by atoms with Gasteiger partial charge in [-0.3, -0.25) is 0 Å². The predicted octanol–water partition coefficient (Wildman–Crippen LogP) is 2.30. The van der Waals surface area contributed by atoms with Crippen molar-refractivity contribution in [3.05, 3.63) is 36.4 Å². The number of rotatable bonds is 4. The number of carboxylic acid groups (broad SMARTS) is 1. The zero-order chi connectivity index (χ0) is 11.5. The number of fused-ring (bicyclic) bond motifs is 1. The van der Waals surface area contributed by atoms with Crippen LogP contribution in [-0.2, 0) is 4.79 Å². The summed E-state index contributed by atoms with van der Waals surface area (Å²) in [7, 11) is 0. The Labute approximate surface area is 96.4 Å². The molecule has 0 amide bonds. The molecule has 82 valence electrons. The fourth-order valence-electron chi connectivity index (χ4n) is 1.21. The lowest BCUT2D eigenvalue weighted by molar-refractivity contribution is -0.132. The minimum absolute atomic E-state index is 0.172. The van der Waals surface area contributed by atoms with Gasteiger partial charge in [-0.25, -0.2) is 9.78 Å². The van der Waals surface area contributed by atoms with E-state index in [1.54, 1.807) is 0 Å². The second-order valence-electron chi connectivity index (χ2n) is 3.26. The topological polar surface area (TPSA) is 66.0 Å². The molecule has 2 N–H and O–H groups in total. The van der Waals surface area contributed by atoms with E-state index in [0.717, 1.165) is 11.0 Å². The lowest BCUT2D eigenvalue weighted by Gasteiger charge is -1.96. The monoisotopic (exact) mass is 234 g/mol. The normalized spacial score (nSPS) is 10.5. The average Bonchev–Trinajstić information content (AvgIpc) is 2.68. The van der Waals surface area contributed by atoms with Gasteiger partial charge in [-0.1, -0.05) is 30.5 Å². The summed E-state index contributed by atoms with van der Waals surface area (Å²) in [5.74, 6) is -0.640. The van der Waals surface area contributed by atoms with Crippen molar-refractivity contribution in [3.8, 4) is 0 Å². The predicted molar refractivity (Wildman–Crippen MR) is 63.6 cm³/mol. The average molecular weight is 234 g/mol. The highest BCUT2D eigenvalue weighted by atomic mass is 32.2. The Hall–Kier alpha value is -1.75. The van der Waals surface area contributed by atoms with Gasteiger partial charge in [0.2, 0.25) is 0 Å². The number of hydrogen-bond donors (Lipinski definition) is 2. The maximum Gasteiger partial charge on any atom is 0.331 e. The van der Waals surface area contributed by atoms with E-state index in [1.807, 2.05) is 24.3 Å². The molecule has 0 fully saturated rings. The van der Waals surface area contributed by atoms with Gasteiger partial charge in [-0.05, 0) is 12.1 Å². The Morgan fingerprint density at radius 1 is 1.50 bits per heavy atom. The minimum Gasteiger partial charge on any atom is -0.478 e. The molecule has 0 saturated heterocycles. The van der Waals surface area contributed by atoms with Crippen LogP contribution in [0.1, 0.15) is 0 Å². The quantitative estimate of drug-likeness (QED) is 0.629. The van der Waals surface area contributed by atoms with Gasteiger partial charge in [-0.2, -0.15) is 0 Å². The number of H-pyrrole nitrogens is 1. The molecule has 0 aliphatic heterocycles. The third kappa shape index (κ3) is 2.25. The van der Waals surface area contributed by atoms with Crippen molar-refractivity contribution < 1.29 is 9.90 Å². The maximum absolute atomic E-state index is 10.5. The summed E-state index contributed by atoms with van der Waals surface area (Å²) in [4.78, 5) is 18.0. The largest absolute Gasteiger partial charge is 0.478 e. The number of nitrogens with one attached hydrogen (secondary N) is 1. The Bertz CT molecular complexity index is 515. The fourth-order valence-corrected chi connectivity index (χ4v) is 1.99. The molecule has 0 aliphatic carbocycles. The minimum atomic E-state index is -0.969. The molecule has 1 aromatic carbocycles. The Balaban J connectivity index is 2.10. The smallest absolute Gasteiger partial charge is 0.331 e. The second kappa shape index (κ2) is 4.40. The van der Waals surface area contributed by atoms with Gasteiger partial charge >= 0.3 is 5.97 Å². The molecule has 0 saturated carbocycles. The van der Waals surface area contributed by atoms with Crippen LogP contribution in [0.4, 0.5) is 0 Å². The third-order valence-corrected chi connectivity index (χ3v) is 3.01. The number of thioether (sulfide) groups is 1. The number of para-hydroxylation sites is 2. The van der Waals surface area contributed by atoms with Gasteiger partial charge in [0.25, 0.3) is 0 Å². The van der Waals surface area contributed by atoms with Crippen molar-refractivity contribution in [2.24, 2.45) is 0 Å². The van der Waals surface area contributed by atoms with Crippen LogP contribution in [0.2, 0.25) is 0 Å². The molecule has 0 atom stereocenters. The highest BCUT2D eigenvalue weighted by Gasteiger charge is 2.07. The van der Waals surface area contributed by atoms with Crippen LogP contribution in [0.3, 0.4) is 0 Å². The summed E-state index contributed by atoms with van der Waals surface area (Å²) in [6.07, 6.45) is 0. The molecule has 5 heteroatoms. The van der Waals surface area contributed by atoms with Gasteiger partial charge < -0.3 is 10.1 Å². The van der Waals surface area contributed by atoms with E-state index in [-0.39, 0.29) is 5.57 Å². The molecule has 0 unspecified atom stereocenters. The Morgan fingerprint density at radius 3 is 2.94 bits per heavy atom. The van der Waals surface area contributed by atoms with Crippen molar-refractivity contribution >= 4 is 28.8 Å². The molecular weight excluding hydrogens is 224 g/mol. The van der Waals surface area contributed by atoms with Crippen molar-refractivity contribution in [2.45, 2.75) is 5.16 Å². The van der Waals surface area contributed by atoms with E-state index in [2.05, 4.69) is 16.5 Å². The molecule has 16 heavy (non-hydrogen) atoms. The number of carbonyl (C=O) groups is 1. The summed E-state index contributed by atoms with van der Waals surface area (Å²) in [6.45, 7) is 3.46. The molecular formula is C11H10N2O2S. The van der Waals surface area contributed by atoms with Crippen LogP contribution in [0, 0.1) is 0 Å². The highest BCUT2D eigenvalue weighted by molar-refractivity contribution is 7.99. The SMILES string of the molecule is C=C(CSc1nc2ccccc2[nH]1)C(=O)O. The van der Waals surface area contributed by atoms with Gasteiger partial charge in [0, 0.05) is 11.3 Å². The van der Waals surface area contributed by atoms with E-state index >= 15 is 0 Å². The molecule has 2 rings (SSSR count). The molecule has 0 spiro atoms. The molecule has 0 radical (unpaired) electrons. The second-order valence-corrected chi connectivity index (χ2v) is 4.22. The van der Waals surface area contributed by atoms with E-state index in [1.165, 1.54) is 11.8 Å². The number of nitrogens with zero attached hydrogens (tertiary/aromatic N) is 1. The summed E-state index contributed by atoms with van der Waals surface area (Å²) < 4.78 is 0. The first-order valence-corrected chi connectivity index (χ1v) is 5.64. The fraction of sp³-hybridized carbons (Fsp3) is 0.0909. The first-order chi connectivity index (χ1) is 7.66. The van der Waals surface area contributed by atoms with Crippen LogP contribution in [0.15, 0.2) is 41.6 Å². The molecule has 0 bridgehead atoms. The molecule has 0 aliphatic rings. The summed E-state index contributed by atoms with van der Waals surface area (Å²) >= 11 is 1.34. The van der Waals surface area contributed by atoms with Crippen LogP contribution in [0.5, 0.6) is 0 Å². The summed E-state index contributed by atoms with van der Waals surface area (Å²) in [6, 6.07) is 7.67. The molecule has 1 aromatic heterocycles. The summed E-state index contributed by atoms with van der Waals surface area (Å²) in [5, 5.41) is 9.37. The number of aromatic nitrogens is 2. The van der Waals surface area contributed by atoms with Gasteiger partial charge in [-0.15, -0.1) is 0 Å². The Morgan fingerprint density at radius 2 is 2.25 bits per heavy atom. The van der Waals surface area contributed by atoms with Crippen molar-refractivity contribution in [1.29, 1.82) is 0 Å². The van der Waals surface area contributed by atoms with Crippen LogP contribution < -0.4 is 0 Å². The number of carboxylic acids is 1. The third-order valence-electron chi connectivity index (χ3n) is 2.05. The Kier molecular flexibility index (Phi) is 2.96. The van der Waals surface area contributed by atoms with Gasteiger partial charge in [0.15, 0.2) is 5.16 Å². The number of aliphatic carboxylic acids is 1. The van der Waals surface area contributed by atoms with E-state index in [4.69, 9.17) is 5.11 Å². The summed E-state index contributed by atoms with van der Waals surface area (Å²) in [5.41, 5.74) is 2.00. The van der Waals surface area contributed by atoms with Crippen molar-refractivity contribution in [1.82, 2.24) is 9.97 Å². The number of aromatic amines is 1. The number of imidazole rings is 1. The van der Waals surface area contributed by atoms with E-state index in [9.17, 15) is 4.79 Å². The van der Waals surface area contributed by atoms with Crippen LogP contribution >= 0.6 is 11.8 Å². The first kappa shape index (κ1) is 10.8. The molecule has 2 aromatic rings. The lowest BCUT2D eigenvalue weighted by atomic mass is 10.3. The van der Waals surface area contributed by atoms with Crippen molar-refractivity contribution in [2.75, 3.05) is 5.75 Å². The standard InChI is InChI=1S/C11H10N2O2S/c1-7(10(14)15)6-16-11-12-8-4-2-3-5-9(8)13-11/h2-5H,1,6H2,(H,12,13)(H,14,15). The van der Waals surface area contributed by atoms with Crippen LogP contribution in [-0.4, -0.2) is 26.8 Å². The van der Waals surface area contributed by atoms with Gasteiger partial charge in [0.1, 0.15) is 0 Å². The highest BCUT2D eigenvalue weighted by Crippen LogP contribution is 2.20. The van der Waals surface area contributed by atoms with Crippen LogP contribution in [0.25, 0.3) is 11.0 Å². The zero-order valence-electron chi connectivity index (χ0n) is 8.43. The maximum atomic E-state index is 10.5. The molecule has 4 nitrogen and oxygen atoms in total. The van der Waals surface area contributed by atoms with E-state index < -0.39 is 5.97 Å². The number of hydrogen-bond acceptors (Lipinski definition) is 3. The first-order valence-electron chi connectivity index (χ1n) is 4.65. The zero-order valence-corrected chi connectivity index (χ0v) is 9.25. The molecule has 1 heterocycles. The van der Waals surface area contributed by atoms with E-state index in [0.29, 0.717) is 10.9 Å². The van der Waals surface area contributed by atoms with Gasteiger partial charge in [0.05, 0.1) is 11.0 Å². The number of benzene rings is 1.